The highest BCUT2D eigenvalue weighted by Crippen LogP contribution is 2.10. The molecule has 1 aromatic heterocycles. The quantitative estimate of drug-likeness (QED) is 0.672. The molecule has 1 saturated heterocycles. The van der Waals surface area contributed by atoms with Crippen LogP contribution in [0.4, 0.5) is 5.69 Å². The summed E-state index contributed by atoms with van der Waals surface area (Å²) in [6, 6.07) is 1.80. The SMILES string of the molecule is O=c1cc(NC2CCOC2)cn[nH]1. The van der Waals surface area contributed by atoms with E-state index in [1.54, 1.807) is 6.20 Å². The summed E-state index contributed by atoms with van der Waals surface area (Å²) in [4.78, 5) is 10.9. The summed E-state index contributed by atoms with van der Waals surface area (Å²) in [7, 11) is 0. The molecule has 1 atom stereocenters. The number of H-pyrrole nitrogens is 1. The zero-order valence-corrected chi connectivity index (χ0v) is 7.12. The molecule has 0 amide bonds. The van der Waals surface area contributed by atoms with Crippen molar-refractivity contribution in [2.75, 3.05) is 18.5 Å². The third-order valence-corrected chi connectivity index (χ3v) is 1.97. The first-order valence-electron chi connectivity index (χ1n) is 4.23. The second-order valence-electron chi connectivity index (χ2n) is 3.04. The van der Waals surface area contributed by atoms with Crippen molar-refractivity contribution in [1.29, 1.82) is 0 Å². The van der Waals surface area contributed by atoms with Crippen molar-refractivity contribution in [1.82, 2.24) is 10.2 Å². The van der Waals surface area contributed by atoms with Crippen molar-refractivity contribution in [3.63, 3.8) is 0 Å². The predicted molar refractivity (Wildman–Crippen MR) is 47.7 cm³/mol. The van der Waals surface area contributed by atoms with Gasteiger partial charge in [0.25, 0.3) is 5.56 Å². The number of anilines is 1. The van der Waals surface area contributed by atoms with Gasteiger partial charge in [0.1, 0.15) is 0 Å². The van der Waals surface area contributed by atoms with Crippen LogP contribution in [-0.2, 0) is 4.74 Å². The summed E-state index contributed by atoms with van der Waals surface area (Å²) >= 11 is 0. The number of nitrogens with zero attached hydrogens (tertiary/aromatic N) is 1. The number of hydrogen-bond acceptors (Lipinski definition) is 4. The second-order valence-corrected chi connectivity index (χ2v) is 3.04. The standard InChI is InChI=1S/C8H11N3O2/c12-8-3-7(4-9-11-8)10-6-1-2-13-5-6/h3-4,6H,1-2,5H2,(H2,10,11,12). The Balaban J connectivity index is 2.04. The summed E-state index contributed by atoms with van der Waals surface area (Å²) < 4.78 is 5.19. The van der Waals surface area contributed by atoms with E-state index in [4.69, 9.17) is 4.74 Å². The lowest BCUT2D eigenvalue weighted by molar-refractivity contribution is 0.195. The Bertz CT molecular complexity index is 330. The van der Waals surface area contributed by atoms with Crippen LogP contribution in [0.25, 0.3) is 0 Å². The molecule has 1 aliphatic heterocycles. The fourth-order valence-electron chi connectivity index (χ4n) is 1.34. The van der Waals surface area contributed by atoms with Crippen LogP contribution in [0.1, 0.15) is 6.42 Å². The topological polar surface area (TPSA) is 67.0 Å². The van der Waals surface area contributed by atoms with Crippen LogP contribution in [0.15, 0.2) is 17.1 Å². The molecule has 0 bridgehead atoms. The molecule has 1 fully saturated rings. The third kappa shape index (κ3) is 2.06. The van der Waals surface area contributed by atoms with Gasteiger partial charge in [0, 0.05) is 12.7 Å². The van der Waals surface area contributed by atoms with E-state index in [0.717, 1.165) is 18.7 Å². The highest BCUT2D eigenvalue weighted by molar-refractivity contribution is 5.39. The van der Waals surface area contributed by atoms with E-state index in [0.29, 0.717) is 12.6 Å². The molecular weight excluding hydrogens is 170 g/mol. The average Bonchev–Trinajstić information content (AvgIpc) is 2.57. The van der Waals surface area contributed by atoms with E-state index in [1.165, 1.54) is 6.07 Å². The number of hydrogen-bond donors (Lipinski definition) is 2. The van der Waals surface area contributed by atoms with Crippen molar-refractivity contribution in [3.8, 4) is 0 Å². The Morgan fingerprint density at radius 2 is 2.62 bits per heavy atom. The molecule has 0 saturated carbocycles. The Morgan fingerprint density at radius 3 is 3.31 bits per heavy atom. The zero-order chi connectivity index (χ0) is 9.10. The lowest BCUT2D eigenvalue weighted by Crippen LogP contribution is -2.20. The second kappa shape index (κ2) is 3.57. The van der Waals surface area contributed by atoms with Gasteiger partial charge in [-0.15, -0.1) is 0 Å². The van der Waals surface area contributed by atoms with Gasteiger partial charge >= 0.3 is 0 Å². The first kappa shape index (κ1) is 8.25. The Morgan fingerprint density at radius 1 is 1.69 bits per heavy atom. The molecule has 1 unspecified atom stereocenters. The molecule has 1 aromatic rings. The average molecular weight is 181 g/mol. The maximum absolute atomic E-state index is 10.9. The minimum absolute atomic E-state index is 0.191. The summed E-state index contributed by atoms with van der Waals surface area (Å²) in [6.07, 6.45) is 2.58. The van der Waals surface area contributed by atoms with Gasteiger partial charge in [-0.25, -0.2) is 5.10 Å². The van der Waals surface area contributed by atoms with Crippen molar-refractivity contribution in [3.05, 3.63) is 22.6 Å². The minimum atomic E-state index is -0.191. The number of aromatic nitrogens is 2. The molecule has 2 rings (SSSR count). The van der Waals surface area contributed by atoms with Gasteiger partial charge in [-0.3, -0.25) is 4.79 Å². The summed E-state index contributed by atoms with van der Waals surface area (Å²) in [6.45, 7) is 1.49. The molecule has 2 N–H and O–H groups in total. The fraction of sp³-hybridized carbons (Fsp3) is 0.500. The third-order valence-electron chi connectivity index (χ3n) is 1.97. The molecule has 0 radical (unpaired) electrons. The van der Waals surface area contributed by atoms with Gasteiger partial charge in [0.05, 0.1) is 24.5 Å². The summed E-state index contributed by atoms with van der Waals surface area (Å²) in [5.74, 6) is 0. The number of aromatic amines is 1. The van der Waals surface area contributed by atoms with Crippen LogP contribution in [0.5, 0.6) is 0 Å². The number of ether oxygens (including phenoxy) is 1. The van der Waals surface area contributed by atoms with Gasteiger partial charge in [-0.2, -0.15) is 5.10 Å². The molecule has 0 spiro atoms. The van der Waals surface area contributed by atoms with E-state index >= 15 is 0 Å². The lowest BCUT2D eigenvalue weighted by atomic mass is 10.2. The van der Waals surface area contributed by atoms with Crippen LogP contribution < -0.4 is 10.9 Å². The number of nitrogens with one attached hydrogen (secondary N) is 2. The van der Waals surface area contributed by atoms with Crippen LogP contribution in [0.2, 0.25) is 0 Å². The summed E-state index contributed by atoms with van der Waals surface area (Å²) in [5.41, 5.74) is 0.558. The maximum atomic E-state index is 10.9. The largest absolute Gasteiger partial charge is 0.379 e. The molecule has 0 aromatic carbocycles. The van der Waals surface area contributed by atoms with Gasteiger partial charge in [-0.05, 0) is 6.42 Å². The number of rotatable bonds is 2. The molecule has 70 valence electrons. The monoisotopic (exact) mass is 181 g/mol. The fourth-order valence-corrected chi connectivity index (χ4v) is 1.34. The van der Waals surface area contributed by atoms with E-state index in [9.17, 15) is 4.79 Å². The van der Waals surface area contributed by atoms with Gasteiger partial charge in [0.15, 0.2) is 0 Å². The van der Waals surface area contributed by atoms with E-state index in [2.05, 4.69) is 15.5 Å². The Hall–Kier alpha value is -1.36. The highest BCUT2D eigenvalue weighted by Gasteiger charge is 2.14. The van der Waals surface area contributed by atoms with Crippen molar-refractivity contribution in [2.24, 2.45) is 0 Å². The first-order valence-corrected chi connectivity index (χ1v) is 4.23. The van der Waals surface area contributed by atoms with E-state index < -0.39 is 0 Å². The van der Waals surface area contributed by atoms with Gasteiger partial charge < -0.3 is 10.1 Å². The molecule has 0 aliphatic carbocycles. The molecule has 5 nitrogen and oxygen atoms in total. The van der Waals surface area contributed by atoms with Crippen LogP contribution >= 0.6 is 0 Å². The van der Waals surface area contributed by atoms with Crippen molar-refractivity contribution < 1.29 is 4.74 Å². The van der Waals surface area contributed by atoms with Gasteiger partial charge in [0.2, 0.25) is 0 Å². The molecule has 1 aliphatic rings. The van der Waals surface area contributed by atoms with E-state index in [-0.39, 0.29) is 5.56 Å². The molecule has 5 heteroatoms. The highest BCUT2D eigenvalue weighted by atomic mass is 16.5. The van der Waals surface area contributed by atoms with Crippen LogP contribution in [-0.4, -0.2) is 29.5 Å². The molecule has 13 heavy (non-hydrogen) atoms. The normalized spacial score (nSPS) is 21.7. The van der Waals surface area contributed by atoms with Gasteiger partial charge in [-0.1, -0.05) is 0 Å². The zero-order valence-electron chi connectivity index (χ0n) is 7.12. The minimum Gasteiger partial charge on any atom is -0.379 e. The van der Waals surface area contributed by atoms with Crippen molar-refractivity contribution in [2.45, 2.75) is 12.5 Å². The molecular formula is C8H11N3O2. The Kier molecular flexibility index (Phi) is 2.27. The molecule has 2 heterocycles. The van der Waals surface area contributed by atoms with E-state index in [1.807, 2.05) is 0 Å². The Labute approximate surface area is 75.1 Å². The lowest BCUT2D eigenvalue weighted by Gasteiger charge is -2.10. The maximum Gasteiger partial charge on any atom is 0.266 e. The first-order chi connectivity index (χ1) is 6.34. The predicted octanol–water partition coefficient (Wildman–Crippen LogP) is -0.0293. The smallest absolute Gasteiger partial charge is 0.266 e. The van der Waals surface area contributed by atoms with Crippen molar-refractivity contribution >= 4 is 5.69 Å². The summed E-state index contributed by atoms with van der Waals surface area (Å²) in [5, 5.41) is 9.18. The van der Waals surface area contributed by atoms with Crippen LogP contribution in [0.3, 0.4) is 0 Å². The van der Waals surface area contributed by atoms with Crippen LogP contribution in [0, 0.1) is 0 Å².